The number of carbonyl (C=O) groups excluding carboxylic acids is 1. The molecule has 0 unspecified atom stereocenters. The Labute approximate surface area is 194 Å². The third-order valence-electron chi connectivity index (χ3n) is 5.41. The fourth-order valence-electron chi connectivity index (χ4n) is 3.69. The maximum atomic E-state index is 12.5. The van der Waals surface area contributed by atoms with Gasteiger partial charge in [0.1, 0.15) is 12.3 Å². The minimum absolute atomic E-state index is 0.119. The van der Waals surface area contributed by atoms with Crippen molar-refractivity contribution in [3.8, 4) is 17.0 Å². The van der Waals surface area contributed by atoms with Crippen LogP contribution in [0.25, 0.3) is 17.0 Å². The van der Waals surface area contributed by atoms with Crippen LogP contribution in [0.4, 0.5) is 5.69 Å². The van der Waals surface area contributed by atoms with Crippen molar-refractivity contribution >= 4 is 34.2 Å². The highest BCUT2D eigenvalue weighted by atomic mass is 32.2. The van der Waals surface area contributed by atoms with Gasteiger partial charge >= 0.3 is 0 Å². The second kappa shape index (κ2) is 8.95. The summed E-state index contributed by atoms with van der Waals surface area (Å²) in [7, 11) is 1.60. The molecule has 9 heteroatoms. The Morgan fingerprint density at radius 1 is 1.12 bits per heavy atom. The van der Waals surface area contributed by atoms with Gasteiger partial charge in [-0.05, 0) is 42.0 Å². The Bertz CT molecular complexity index is 1310. The zero-order valence-corrected chi connectivity index (χ0v) is 18.7. The molecule has 1 N–H and O–H groups in total. The molecule has 33 heavy (non-hydrogen) atoms. The number of carbonyl (C=O) groups is 1. The van der Waals surface area contributed by atoms with Crippen LogP contribution < -0.4 is 15.6 Å². The fourth-order valence-corrected chi connectivity index (χ4v) is 4.65. The molecule has 1 aromatic heterocycles. The molecule has 2 aliphatic rings. The number of methoxy groups -OCH3 is 1. The largest absolute Gasteiger partial charge is 0.497 e. The van der Waals surface area contributed by atoms with E-state index < -0.39 is 0 Å². The van der Waals surface area contributed by atoms with Gasteiger partial charge in [-0.15, -0.1) is 0 Å². The SMILES string of the molecule is COc1ccc(-c2cc(=O)n(CC(=O)Nc3ccc(C4=CSC5=NCCN45)cc3)cn2)cc1. The molecule has 0 atom stereocenters. The highest BCUT2D eigenvalue weighted by Crippen LogP contribution is 2.35. The lowest BCUT2D eigenvalue weighted by Crippen LogP contribution is -2.27. The van der Waals surface area contributed by atoms with Crippen molar-refractivity contribution in [2.24, 2.45) is 4.99 Å². The summed E-state index contributed by atoms with van der Waals surface area (Å²) < 4.78 is 6.43. The zero-order chi connectivity index (χ0) is 22.8. The van der Waals surface area contributed by atoms with E-state index in [0.717, 1.165) is 40.8 Å². The van der Waals surface area contributed by atoms with Crippen LogP contribution in [0.15, 0.2) is 76.1 Å². The summed E-state index contributed by atoms with van der Waals surface area (Å²) in [6.07, 6.45) is 1.39. The molecule has 0 aliphatic carbocycles. The molecule has 2 aromatic carbocycles. The minimum atomic E-state index is -0.298. The number of hydrogen-bond donors (Lipinski definition) is 1. The lowest BCUT2D eigenvalue weighted by molar-refractivity contribution is -0.116. The van der Waals surface area contributed by atoms with Crippen LogP contribution in [0.5, 0.6) is 5.75 Å². The molecule has 166 valence electrons. The fraction of sp³-hybridized carbons (Fsp3) is 0.167. The number of ether oxygens (including phenoxy) is 1. The molecule has 0 saturated carbocycles. The van der Waals surface area contributed by atoms with Gasteiger partial charge in [0.15, 0.2) is 5.17 Å². The predicted molar refractivity (Wildman–Crippen MR) is 130 cm³/mol. The molecular formula is C24H21N5O3S. The van der Waals surface area contributed by atoms with Crippen LogP contribution in [-0.2, 0) is 11.3 Å². The number of nitrogens with one attached hydrogen (secondary N) is 1. The first-order valence-electron chi connectivity index (χ1n) is 10.4. The molecule has 0 fully saturated rings. The van der Waals surface area contributed by atoms with Crippen molar-refractivity contribution in [1.82, 2.24) is 14.5 Å². The molecule has 8 nitrogen and oxygen atoms in total. The number of amides is 1. The Morgan fingerprint density at radius 2 is 1.88 bits per heavy atom. The standard InChI is InChI=1S/C24H21N5O3S/c1-32-19-8-4-16(5-9-19)20-12-23(31)28(15-26-20)13-22(30)27-18-6-2-17(3-7-18)21-14-33-24-25-10-11-29(21)24/h2-9,12,14-15H,10-11,13H2,1H3,(H,27,30). The first-order chi connectivity index (χ1) is 16.1. The van der Waals surface area contributed by atoms with Crippen LogP contribution in [-0.4, -0.2) is 45.7 Å². The summed E-state index contributed by atoms with van der Waals surface area (Å²) in [5.41, 5.74) is 3.91. The number of aromatic nitrogens is 2. The Hall–Kier alpha value is -3.85. The molecule has 3 aromatic rings. The van der Waals surface area contributed by atoms with Gasteiger partial charge in [-0.1, -0.05) is 23.9 Å². The molecular weight excluding hydrogens is 438 g/mol. The highest BCUT2D eigenvalue weighted by molar-refractivity contribution is 8.16. The number of fused-ring (bicyclic) bond motifs is 1. The monoisotopic (exact) mass is 459 g/mol. The predicted octanol–water partition coefficient (Wildman–Crippen LogP) is 3.27. The van der Waals surface area contributed by atoms with Gasteiger partial charge in [0.2, 0.25) is 5.91 Å². The van der Waals surface area contributed by atoms with Crippen molar-refractivity contribution in [3.05, 3.63) is 82.2 Å². The number of rotatable bonds is 6. The molecule has 3 heterocycles. The first kappa shape index (κ1) is 21.0. The summed E-state index contributed by atoms with van der Waals surface area (Å²) in [5, 5.41) is 5.98. The van der Waals surface area contributed by atoms with Gasteiger partial charge in [0, 0.05) is 29.3 Å². The molecule has 0 spiro atoms. The van der Waals surface area contributed by atoms with E-state index in [2.05, 4.69) is 25.6 Å². The third-order valence-corrected chi connectivity index (χ3v) is 6.31. The number of benzene rings is 2. The van der Waals surface area contributed by atoms with Crippen molar-refractivity contribution in [3.63, 3.8) is 0 Å². The van der Waals surface area contributed by atoms with Crippen LogP contribution in [0.1, 0.15) is 5.56 Å². The summed E-state index contributed by atoms with van der Waals surface area (Å²) in [4.78, 5) is 36.0. The number of nitrogens with zero attached hydrogens (tertiary/aromatic N) is 4. The average Bonchev–Trinajstić information content (AvgIpc) is 3.45. The summed E-state index contributed by atoms with van der Waals surface area (Å²) in [6.45, 7) is 1.60. The van der Waals surface area contributed by atoms with Crippen LogP contribution in [0.2, 0.25) is 0 Å². The molecule has 0 radical (unpaired) electrons. The lowest BCUT2D eigenvalue weighted by atomic mass is 10.1. The van der Waals surface area contributed by atoms with Gasteiger partial charge in [-0.3, -0.25) is 19.1 Å². The van der Waals surface area contributed by atoms with Crippen molar-refractivity contribution in [2.75, 3.05) is 25.5 Å². The normalized spacial score (nSPS) is 14.5. The number of aliphatic imine (C=N–C) groups is 1. The van der Waals surface area contributed by atoms with E-state index in [1.54, 1.807) is 31.0 Å². The summed E-state index contributed by atoms with van der Waals surface area (Å²) in [5.74, 6) is 0.429. The van der Waals surface area contributed by atoms with Gasteiger partial charge in [-0.2, -0.15) is 0 Å². The lowest BCUT2D eigenvalue weighted by Gasteiger charge is -2.17. The van der Waals surface area contributed by atoms with E-state index in [0.29, 0.717) is 11.4 Å². The van der Waals surface area contributed by atoms with E-state index in [1.165, 1.54) is 17.0 Å². The molecule has 5 rings (SSSR count). The van der Waals surface area contributed by atoms with Crippen LogP contribution in [0.3, 0.4) is 0 Å². The Kier molecular flexibility index (Phi) is 5.70. The van der Waals surface area contributed by atoms with Crippen molar-refractivity contribution in [1.29, 1.82) is 0 Å². The van der Waals surface area contributed by atoms with E-state index in [9.17, 15) is 9.59 Å². The second-order valence-corrected chi connectivity index (χ2v) is 8.37. The Balaban J connectivity index is 1.23. The molecule has 0 bridgehead atoms. The van der Waals surface area contributed by atoms with Gasteiger partial charge in [0.25, 0.3) is 5.56 Å². The van der Waals surface area contributed by atoms with Crippen molar-refractivity contribution < 1.29 is 9.53 Å². The molecule has 2 aliphatic heterocycles. The average molecular weight is 460 g/mol. The quantitative estimate of drug-likeness (QED) is 0.609. The molecule has 1 amide bonds. The number of thioether (sulfide) groups is 1. The van der Waals surface area contributed by atoms with Crippen LogP contribution >= 0.6 is 11.8 Å². The van der Waals surface area contributed by atoms with Crippen LogP contribution in [0, 0.1) is 0 Å². The first-order valence-corrected chi connectivity index (χ1v) is 11.3. The zero-order valence-electron chi connectivity index (χ0n) is 17.9. The van der Waals surface area contributed by atoms with E-state index >= 15 is 0 Å². The highest BCUT2D eigenvalue weighted by Gasteiger charge is 2.26. The van der Waals surface area contributed by atoms with E-state index in [4.69, 9.17) is 4.74 Å². The van der Waals surface area contributed by atoms with E-state index in [-0.39, 0.29) is 18.0 Å². The van der Waals surface area contributed by atoms with Gasteiger partial charge < -0.3 is 15.0 Å². The van der Waals surface area contributed by atoms with Crippen molar-refractivity contribution in [2.45, 2.75) is 6.54 Å². The van der Waals surface area contributed by atoms with Gasteiger partial charge in [0.05, 0.1) is 31.4 Å². The number of hydrogen-bond acceptors (Lipinski definition) is 7. The maximum absolute atomic E-state index is 12.5. The maximum Gasteiger partial charge on any atom is 0.254 e. The van der Waals surface area contributed by atoms with Gasteiger partial charge in [-0.25, -0.2) is 4.98 Å². The minimum Gasteiger partial charge on any atom is -0.497 e. The Morgan fingerprint density at radius 3 is 2.61 bits per heavy atom. The number of amidine groups is 1. The summed E-state index contributed by atoms with van der Waals surface area (Å²) in [6, 6.07) is 16.4. The number of anilines is 1. The van der Waals surface area contributed by atoms with E-state index in [1.807, 2.05) is 36.4 Å². The topological polar surface area (TPSA) is 88.8 Å². The summed E-state index contributed by atoms with van der Waals surface area (Å²) >= 11 is 1.63. The smallest absolute Gasteiger partial charge is 0.254 e. The molecule has 0 saturated heterocycles. The third kappa shape index (κ3) is 4.40. The second-order valence-electron chi connectivity index (χ2n) is 7.53.